The minimum absolute atomic E-state index is 0.0413. The van der Waals surface area contributed by atoms with Crippen molar-refractivity contribution >= 4 is 11.8 Å². The number of rotatable bonds is 6. The van der Waals surface area contributed by atoms with Gasteiger partial charge in [-0.15, -0.1) is 0 Å². The minimum atomic E-state index is 0.0413. The maximum Gasteiger partial charge on any atom is 0.254 e. The summed E-state index contributed by atoms with van der Waals surface area (Å²) >= 11 is 1.57. The zero-order valence-corrected chi connectivity index (χ0v) is 11.1. The number of aromatic amines is 1. The van der Waals surface area contributed by atoms with E-state index in [2.05, 4.69) is 23.8 Å². The summed E-state index contributed by atoms with van der Waals surface area (Å²) in [6.07, 6.45) is 4.26. The molecule has 0 radical (unpaired) electrons. The van der Waals surface area contributed by atoms with Gasteiger partial charge in [0.1, 0.15) is 0 Å². The van der Waals surface area contributed by atoms with Crippen molar-refractivity contribution < 1.29 is 0 Å². The minimum Gasteiger partial charge on any atom is -0.301 e. The third-order valence-electron chi connectivity index (χ3n) is 2.51. The van der Waals surface area contributed by atoms with Crippen LogP contribution < -0.4 is 5.56 Å². The quantitative estimate of drug-likeness (QED) is 0.472. The van der Waals surface area contributed by atoms with Crippen LogP contribution in [0.4, 0.5) is 0 Å². The third kappa shape index (κ3) is 3.67. The van der Waals surface area contributed by atoms with Gasteiger partial charge in [-0.3, -0.25) is 4.79 Å². The predicted molar refractivity (Wildman–Crippen MR) is 69.2 cm³/mol. The van der Waals surface area contributed by atoms with Crippen LogP contribution >= 0.6 is 11.8 Å². The Morgan fingerprint density at radius 1 is 1.31 bits per heavy atom. The van der Waals surface area contributed by atoms with E-state index in [1.807, 2.05) is 6.92 Å². The molecule has 0 amide bonds. The summed E-state index contributed by atoms with van der Waals surface area (Å²) in [5.74, 6) is 0.928. The van der Waals surface area contributed by atoms with Crippen LogP contribution in [0.5, 0.6) is 0 Å². The van der Waals surface area contributed by atoms with Gasteiger partial charge >= 0.3 is 0 Å². The van der Waals surface area contributed by atoms with Crippen LogP contribution in [-0.4, -0.2) is 15.7 Å². The van der Waals surface area contributed by atoms with E-state index in [0.29, 0.717) is 0 Å². The molecule has 0 saturated heterocycles. The van der Waals surface area contributed by atoms with Crippen molar-refractivity contribution in [3.8, 4) is 0 Å². The summed E-state index contributed by atoms with van der Waals surface area (Å²) in [4.78, 5) is 19.1. The molecule has 0 saturated carbocycles. The normalized spacial score (nSPS) is 10.7. The standard InChI is InChI=1S/C12H20N2OS/c1-4-6-7-8-10-9(3)13-12(16-5-2)14-11(10)15/h4-8H2,1-3H3,(H,13,14,15). The number of nitrogens with one attached hydrogen (secondary N) is 1. The monoisotopic (exact) mass is 240 g/mol. The number of unbranched alkanes of at least 4 members (excludes halogenated alkanes) is 2. The Balaban J connectivity index is 2.81. The van der Waals surface area contributed by atoms with Crippen molar-refractivity contribution in [2.45, 2.75) is 51.6 Å². The lowest BCUT2D eigenvalue weighted by Crippen LogP contribution is -2.17. The van der Waals surface area contributed by atoms with Gasteiger partial charge in [0, 0.05) is 11.3 Å². The molecule has 90 valence electrons. The molecule has 16 heavy (non-hydrogen) atoms. The molecule has 1 rings (SSSR count). The van der Waals surface area contributed by atoms with Gasteiger partial charge in [-0.2, -0.15) is 0 Å². The zero-order valence-electron chi connectivity index (χ0n) is 10.3. The highest BCUT2D eigenvalue weighted by Crippen LogP contribution is 2.12. The summed E-state index contributed by atoms with van der Waals surface area (Å²) in [5.41, 5.74) is 1.78. The maximum absolute atomic E-state index is 11.8. The van der Waals surface area contributed by atoms with Gasteiger partial charge in [0.2, 0.25) is 0 Å². The van der Waals surface area contributed by atoms with E-state index < -0.39 is 0 Å². The van der Waals surface area contributed by atoms with Crippen LogP contribution in [0, 0.1) is 6.92 Å². The fourth-order valence-corrected chi connectivity index (χ4v) is 2.28. The van der Waals surface area contributed by atoms with Gasteiger partial charge in [-0.25, -0.2) is 4.98 Å². The molecule has 0 bridgehead atoms. The number of H-pyrrole nitrogens is 1. The summed E-state index contributed by atoms with van der Waals surface area (Å²) in [7, 11) is 0. The molecule has 1 N–H and O–H groups in total. The smallest absolute Gasteiger partial charge is 0.254 e. The van der Waals surface area contributed by atoms with Gasteiger partial charge in [0.25, 0.3) is 5.56 Å². The van der Waals surface area contributed by atoms with Crippen LogP contribution in [0.1, 0.15) is 44.4 Å². The Kier molecular flexibility index (Phi) is 5.60. The molecule has 0 spiro atoms. The lowest BCUT2D eigenvalue weighted by Gasteiger charge is -2.05. The predicted octanol–water partition coefficient (Wildman–Crippen LogP) is 2.92. The summed E-state index contributed by atoms with van der Waals surface area (Å²) < 4.78 is 0. The van der Waals surface area contributed by atoms with E-state index in [4.69, 9.17) is 0 Å². The molecule has 0 fully saturated rings. The van der Waals surface area contributed by atoms with E-state index in [1.165, 1.54) is 12.8 Å². The number of hydrogen-bond acceptors (Lipinski definition) is 3. The first-order valence-electron chi connectivity index (χ1n) is 5.91. The Labute approximate surface area is 101 Å². The number of thioether (sulfide) groups is 1. The van der Waals surface area contributed by atoms with Crippen molar-refractivity contribution in [1.29, 1.82) is 0 Å². The molecule has 0 atom stereocenters. The van der Waals surface area contributed by atoms with Gasteiger partial charge in [-0.1, -0.05) is 38.5 Å². The topological polar surface area (TPSA) is 45.8 Å². The Bertz CT molecular complexity index is 387. The lowest BCUT2D eigenvalue weighted by molar-refractivity contribution is 0.701. The highest BCUT2D eigenvalue weighted by molar-refractivity contribution is 7.99. The number of aromatic nitrogens is 2. The van der Waals surface area contributed by atoms with E-state index in [0.717, 1.165) is 35.0 Å². The van der Waals surface area contributed by atoms with Crippen molar-refractivity contribution in [3.05, 3.63) is 21.6 Å². The molecule has 1 aromatic heterocycles. The van der Waals surface area contributed by atoms with Crippen LogP contribution in [0.25, 0.3) is 0 Å². The highest BCUT2D eigenvalue weighted by atomic mass is 32.2. The first kappa shape index (κ1) is 13.3. The fraction of sp³-hybridized carbons (Fsp3) is 0.667. The molecule has 0 aliphatic carbocycles. The maximum atomic E-state index is 11.8. The van der Waals surface area contributed by atoms with Crippen LogP contribution in [-0.2, 0) is 6.42 Å². The number of aryl methyl sites for hydroxylation is 1. The van der Waals surface area contributed by atoms with Gasteiger partial charge in [-0.05, 0) is 25.5 Å². The Hall–Kier alpha value is -0.770. The molecule has 4 heteroatoms. The molecule has 0 aliphatic heterocycles. The van der Waals surface area contributed by atoms with Crippen molar-refractivity contribution in [1.82, 2.24) is 9.97 Å². The van der Waals surface area contributed by atoms with Gasteiger partial charge in [0.05, 0.1) is 0 Å². The van der Waals surface area contributed by atoms with E-state index >= 15 is 0 Å². The van der Waals surface area contributed by atoms with E-state index in [-0.39, 0.29) is 5.56 Å². The summed E-state index contributed by atoms with van der Waals surface area (Å²) in [6, 6.07) is 0. The van der Waals surface area contributed by atoms with E-state index in [1.54, 1.807) is 11.8 Å². The third-order valence-corrected chi connectivity index (χ3v) is 3.27. The molecular weight excluding hydrogens is 220 g/mol. The fourth-order valence-electron chi connectivity index (χ4n) is 1.64. The second-order valence-corrected chi connectivity index (χ2v) is 5.08. The molecule has 1 heterocycles. The Morgan fingerprint density at radius 2 is 2.06 bits per heavy atom. The molecule has 0 aliphatic rings. The SMILES string of the molecule is CCCCCc1c(C)nc(SCC)[nH]c1=O. The average Bonchev–Trinajstić information content (AvgIpc) is 2.23. The molecule has 1 aromatic rings. The van der Waals surface area contributed by atoms with E-state index in [9.17, 15) is 4.79 Å². The average molecular weight is 240 g/mol. The first-order chi connectivity index (χ1) is 7.69. The highest BCUT2D eigenvalue weighted by Gasteiger charge is 2.07. The Morgan fingerprint density at radius 3 is 2.62 bits per heavy atom. The second-order valence-electron chi connectivity index (χ2n) is 3.83. The summed E-state index contributed by atoms with van der Waals surface area (Å²) in [5, 5.41) is 0.740. The number of hydrogen-bond donors (Lipinski definition) is 1. The lowest BCUT2D eigenvalue weighted by atomic mass is 10.1. The van der Waals surface area contributed by atoms with Crippen LogP contribution in [0.2, 0.25) is 0 Å². The van der Waals surface area contributed by atoms with Crippen molar-refractivity contribution in [3.63, 3.8) is 0 Å². The van der Waals surface area contributed by atoms with Crippen LogP contribution in [0.3, 0.4) is 0 Å². The molecule has 0 aromatic carbocycles. The van der Waals surface area contributed by atoms with Crippen molar-refractivity contribution in [2.24, 2.45) is 0 Å². The zero-order chi connectivity index (χ0) is 12.0. The van der Waals surface area contributed by atoms with Crippen LogP contribution in [0.15, 0.2) is 9.95 Å². The molecule has 3 nitrogen and oxygen atoms in total. The second kappa shape index (κ2) is 6.74. The first-order valence-corrected chi connectivity index (χ1v) is 6.90. The molecule has 0 unspecified atom stereocenters. The molecular formula is C12H20N2OS. The van der Waals surface area contributed by atoms with Gasteiger partial charge in [0.15, 0.2) is 5.16 Å². The van der Waals surface area contributed by atoms with Gasteiger partial charge < -0.3 is 4.98 Å². The van der Waals surface area contributed by atoms with Crippen molar-refractivity contribution in [2.75, 3.05) is 5.75 Å². The largest absolute Gasteiger partial charge is 0.301 e. The number of nitrogens with zero attached hydrogens (tertiary/aromatic N) is 1. The summed E-state index contributed by atoms with van der Waals surface area (Å²) in [6.45, 7) is 6.14.